The molecule has 5 nitrogen and oxygen atoms in total. The predicted molar refractivity (Wildman–Crippen MR) is 86.6 cm³/mol. The lowest BCUT2D eigenvalue weighted by atomic mass is 9.99. The molecular weight excluding hydrogens is 288 g/mol. The number of rotatable bonds is 8. The summed E-state index contributed by atoms with van der Waals surface area (Å²) in [5.41, 5.74) is 1.15. The van der Waals surface area contributed by atoms with E-state index in [0.717, 1.165) is 11.3 Å². The quantitative estimate of drug-likeness (QED) is 0.784. The SMILES string of the molecule is CNC(c1ccc(OC)cc1)C(C)N(C)CCS(C)(=O)=O. The molecule has 0 bridgehead atoms. The van der Waals surface area contributed by atoms with Crippen molar-refractivity contribution in [2.24, 2.45) is 0 Å². The Morgan fingerprint density at radius 3 is 2.29 bits per heavy atom. The minimum absolute atomic E-state index is 0.125. The van der Waals surface area contributed by atoms with E-state index < -0.39 is 9.84 Å². The first-order chi connectivity index (χ1) is 9.78. The number of benzene rings is 1. The molecule has 0 aliphatic rings. The summed E-state index contributed by atoms with van der Waals surface area (Å²) in [5, 5.41) is 3.30. The van der Waals surface area contributed by atoms with Crippen LogP contribution >= 0.6 is 0 Å². The smallest absolute Gasteiger partial charge is 0.148 e. The van der Waals surface area contributed by atoms with Crippen molar-refractivity contribution in [3.63, 3.8) is 0 Å². The van der Waals surface area contributed by atoms with Crippen LogP contribution in [-0.4, -0.2) is 59.1 Å². The third kappa shape index (κ3) is 5.65. The first-order valence-corrected chi connectivity index (χ1v) is 9.03. The van der Waals surface area contributed by atoms with Crippen LogP contribution in [0.3, 0.4) is 0 Å². The van der Waals surface area contributed by atoms with Crippen LogP contribution in [0.15, 0.2) is 24.3 Å². The van der Waals surface area contributed by atoms with E-state index in [1.165, 1.54) is 6.26 Å². The number of hydrogen-bond donors (Lipinski definition) is 1. The molecule has 1 N–H and O–H groups in total. The maximum absolute atomic E-state index is 11.3. The standard InChI is InChI=1S/C15H26N2O3S/c1-12(17(3)10-11-21(5,18)19)15(16-2)13-6-8-14(20-4)9-7-13/h6-9,12,15-16H,10-11H2,1-5H3. The molecular formula is C15H26N2O3S. The van der Waals surface area contributed by atoms with Gasteiger partial charge < -0.3 is 15.0 Å². The Labute approximate surface area is 128 Å². The van der Waals surface area contributed by atoms with Gasteiger partial charge in [-0.25, -0.2) is 8.42 Å². The van der Waals surface area contributed by atoms with Gasteiger partial charge in [0.05, 0.1) is 12.9 Å². The fourth-order valence-corrected chi connectivity index (χ4v) is 2.89. The van der Waals surface area contributed by atoms with Crippen LogP contribution in [0.5, 0.6) is 5.75 Å². The molecule has 120 valence electrons. The minimum Gasteiger partial charge on any atom is -0.497 e. The highest BCUT2D eigenvalue weighted by Crippen LogP contribution is 2.22. The molecule has 0 aliphatic carbocycles. The van der Waals surface area contributed by atoms with Gasteiger partial charge in [0.25, 0.3) is 0 Å². The molecule has 0 radical (unpaired) electrons. The normalized spacial score (nSPS) is 15.0. The maximum Gasteiger partial charge on any atom is 0.148 e. The van der Waals surface area contributed by atoms with E-state index in [2.05, 4.69) is 17.1 Å². The molecule has 6 heteroatoms. The van der Waals surface area contributed by atoms with Gasteiger partial charge in [-0.05, 0) is 38.7 Å². The Morgan fingerprint density at radius 1 is 1.29 bits per heavy atom. The monoisotopic (exact) mass is 314 g/mol. The van der Waals surface area contributed by atoms with Crippen LogP contribution in [0.1, 0.15) is 18.5 Å². The second-order valence-corrected chi connectivity index (χ2v) is 7.65. The minimum atomic E-state index is -2.94. The van der Waals surface area contributed by atoms with Crippen molar-refractivity contribution in [3.05, 3.63) is 29.8 Å². The summed E-state index contributed by atoms with van der Waals surface area (Å²) in [6.07, 6.45) is 1.27. The van der Waals surface area contributed by atoms with Gasteiger partial charge in [0, 0.05) is 24.9 Å². The zero-order valence-corrected chi connectivity index (χ0v) is 14.3. The number of methoxy groups -OCH3 is 1. The Kier molecular flexibility index (Phi) is 6.64. The molecule has 1 rings (SSSR count). The van der Waals surface area contributed by atoms with E-state index in [-0.39, 0.29) is 17.8 Å². The number of nitrogens with one attached hydrogen (secondary N) is 1. The molecule has 0 saturated carbocycles. The van der Waals surface area contributed by atoms with Crippen LogP contribution in [0.2, 0.25) is 0 Å². The summed E-state index contributed by atoms with van der Waals surface area (Å²) >= 11 is 0. The average molecular weight is 314 g/mol. The molecule has 21 heavy (non-hydrogen) atoms. The second-order valence-electron chi connectivity index (χ2n) is 5.39. The number of likely N-dealkylation sites (N-methyl/N-ethyl adjacent to an activating group) is 2. The van der Waals surface area contributed by atoms with E-state index in [0.29, 0.717) is 6.54 Å². The highest BCUT2D eigenvalue weighted by molar-refractivity contribution is 7.90. The number of hydrogen-bond acceptors (Lipinski definition) is 5. The summed E-state index contributed by atoms with van der Waals surface area (Å²) in [5.74, 6) is 0.999. The molecule has 2 unspecified atom stereocenters. The van der Waals surface area contributed by atoms with Crippen LogP contribution in [-0.2, 0) is 9.84 Å². The molecule has 1 aromatic carbocycles. The fourth-order valence-electron chi connectivity index (χ4n) is 2.27. The van der Waals surface area contributed by atoms with Crippen LogP contribution in [0.25, 0.3) is 0 Å². The van der Waals surface area contributed by atoms with Gasteiger partial charge in [0.2, 0.25) is 0 Å². The molecule has 0 amide bonds. The summed E-state index contributed by atoms with van der Waals surface area (Å²) in [6, 6.07) is 8.22. The van der Waals surface area contributed by atoms with Crippen molar-refractivity contribution in [2.45, 2.75) is 19.0 Å². The Bertz CT molecular complexity index is 528. The summed E-state index contributed by atoms with van der Waals surface area (Å²) < 4.78 is 27.7. The van der Waals surface area contributed by atoms with Gasteiger partial charge in [0.15, 0.2) is 0 Å². The van der Waals surface area contributed by atoms with Gasteiger partial charge in [-0.1, -0.05) is 12.1 Å². The highest BCUT2D eigenvalue weighted by atomic mass is 32.2. The summed E-state index contributed by atoms with van der Waals surface area (Å²) in [6.45, 7) is 2.61. The van der Waals surface area contributed by atoms with Crippen molar-refractivity contribution in [1.29, 1.82) is 0 Å². The van der Waals surface area contributed by atoms with Gasteiger partial charge in [-0.3, -0.25) is 0 Å². The third-order valence-electron chi connectivity index (χ3n) is 3.78. The van der Waals surface area contributed by atoms with E-state index >= 15 is 0 Å². The number of nitrogens with zero attached hydrogens (tertiary/aromatic N) is 1. The lowest BCUT2D eigenvalue weighted by Gasteiger charge is -2.32. The van der Waals surface area contributed by atoms with Gasteiger partial charge in [-0.2, -0.15) is 0 Å². The zero-order valence-electron chi connectivity index (χ0n) is 13.5. The molecule has 1 aromatic rings. The predicted octanol–water partition coefficient (Wildman–Crippen LogP) is 1.32. The van der Waals surface area contributed by atoms with Crippen LogP contribution in [0, 0.1) is 0 Å². The molecule has 0 heterocycles. The summed E-state index contributed by atoms with van der Waals surface area (Å²) in [7, 11) is 2.57. The highest BCUT2D eigenvalue weighted by Gasteiger charge is 2.22. The Hall–Kier alpha value is -1.11. The van der Waals surface area contributed by atoms with Crippen molar-refractivity contribution < 1.29 is 13.2 Å². The van der Waals surface area contributed by atoms with Gasteiger partial charge in [-0.15, -0.1) is 0 Å². The fraction of sp³-hybridized carbons (Fsp3) is 0.600. The van der Waals surface area contributed by atoms with Crippen LogP contribution < -0.4 is 10.1 Å². The second kappa shape index (κ2) is 7.77. The van der Waals surface area contributed by atoms with Crippen molar-refractivity contribution in [3.8, 4) is 5.75 Å². The lowest BCUT2D eigenvalue weighted by Crippen LogP contribution is -2.41. The lowest BCUT2D eigenvalue weighted by molar-refractivity contribution is 0.222. The molecule has 0 spiro atoms. The summed E-state index contributed by atoms with van der Waals surface area (Å²) in [4.78, 5) is 2.06. The van der Waals surface area contributed by atoms with Crippen LogP contribution in [0.4, 0.5) is 0 Å². The van der Waals surface area contributed by atoms with E-state index in [4.69, 9.17) is 4.74 Å². The van der Waals surface area contributed by atoms with E-state index in [1.54, 1.807) is 7.11 Å². The van der Waals surface area contributed by atoms with E-state index in [1.807, 2.05) is 38.4 Å². The third-order valence-corrected chi connectivity index (χ3v) is 4.70. The first kappa shape index (κ1) is 17.9. The largest absolute Gasteiger partial charge is 0.497 e. The molecule has 0 aromatic heterocycles. The Morgan fingerprint density at radius 2 is 1.86 bits per heavy atom. The number of sulfone groups is 1. The first-order valence-electron chi connectivity index (χ1n) is 6.97. The van der Waals surface area contributed by atoms with Crippen molar-refractivity contribution in [1.82, 2.24) is 10.2 Å². The molecule has 0 fully saturated rings. The van der Waals surface area contributed by atoms with E-state index in [9.17, 15) is 8.42 Å². The average Bonchev–Trinajstić information content (AvgIpc) is 2.45. The molecule has 0 saturated heterocycles. The van der Waals surface area contributed by atoms with Crippen molar-refractivity contribution >= 4 is 9.84 Å². The maximum atomic E-state index is 11.3. The van der Waals surface area contributed by atoms with Gasteiger partial charge >= 0.3 is 0 Å². The molecule has 2 atom stereocenters. The molecule has 0 aliphatic heterocycles. The van der Waals surface area contributed by atoms with Crippen molar-refractivity contribution in [2.75, 3.05) is 39.8 Å². The Balaban J connectivity index is 2.77. The zero-order chi connectivity index (χ0) is 16.0. The topological polar surface area (TPSA) is 58.6 Å². The van der Waals surface area contributed by atoms with Gasteiger partial charge in [0.1, 0.15) is 15.6 Å². The number of ether oxygens (including phenoxy) is 1.